The van der Waals surface area contributed by atoms with E-state index >= 15 is 0 Å². The zero-order valence-corrected chi connectivity index (χ0v) is 6.72. The average Bonchev–Trinajstić information content (AvgIpc) is 2.67. The van der Waals surface area contributed by atoms with Gasteiger partial charge >= 0.3 is 0 Å². The van der Waals surface area contributed by atoms with Crippen molar-refractivity contribution in [2.24, 2.45) is 10.8 Å². The van der Waals surface area contributed by atoms with Crippen LogP contribution < -0.4 is 0 Å². The molecule has 0 aromatic rings. The molecule has 60 valence electrons. The summed E-state index contributed by atoms with van der Waals surface area (Å²) in [5.74, 6) is 0. The fourth-order valence-electron chi connectivity index (χ4n) is 1.37. The fourth-order valence-corrected chi connectivity index (χ4v) is 1.37. The van der Waals surface area contributed by atoms with E-state index in [4.69, 9.17) is 10.2 Å². The number of hydrogen-bond acceptors (Lipinski definition) is 2. The molecule has 0 unspecified atom stereocenters. The number of aliphatic hydroxyl groups is 2. The van der Waals surface area contributed by atoms with Gasteiger partial charge in [0.05, 0.1) is 0 Å². The van der Waals surface area contributed by atoms with Crippen LogP contribution >= 0.6 is 0 Å². The van der Waals surface area contributed by atoms with Crippen molar-refractivity contribution in [2.45, 2.75) is 26.7 Å². The normalized spacial score (nSPS) is 22.8. The van der Waals surface area contributed by atoms with Gasteiger partial charge in [-0.05, 0) is 18.3 Å². The lowest BCUT2D eigenvalue weighted by Gasteiger charge is -2.31. The van der Waals surface area contributed by atoms with Crippen LogP contribution in [0, 0.1) is 10.8 Å². The zero-order valence-electron chi connectivity index (χ0n) is 6.72. The smallest absolute Gasteiger partial charge is 0.0493 e. The summed E-state index contributed by atoms with van der Waals surface area (Å²) in [7, 11) is 0. The Bertz CT molecular complexity index is 121. The maximum atomic E-state index is 9.01. The first-order chi connectivity index (χ1) is 4.58. The van der Waals surface area contributed by atoms with Gasteiger partial charge in [-0.15, -0.1) is 0 Å². The van der Waals surface area contributed by atoms with Crippen molar-refractivity contribution in [3.05, 3.63) is 0 Å². The van der Waals surface area contributed by atoms with Gasteiger partial charge in [0.15, 0.2) is 0 Å². The molecule has 0 aliphatic heterocycles. The maximum Gasteiger partial charge on any atom is 0.0493 e. The Balaban J connectivity index is 2.62. The van der Waals surface area contributed by atoms with Gasteiger partial charge in [0.1, 0.15) is 0 Å². The molecule has 0 atom stereocenters. The minimum Gasteiger partial charge on any atom is -0.396 e. The molecule has 0 bridgehead atoms. The first-order valence-electron chi connectivity index (χ1n) is 3.80. The molecule has 1 fully saturated rings. The summed E-state index contributed by atoms with van der Waals surface area (Å²) in [6.45, 7) is 4.42. The fraction of sp³-hybridized carbons (Fsp3) is 1.00. The molecule has 2 N–H and O–H groups in total. The summed E-state index contributed by atoms with van der Waals surface area (Å²) in [4.78, 5) is 0. The van der Waals surface area contributed by atoms with Crippen LogP contribution in [0.1, 0.15) is 26.7 Å². The molecule has 1 aliphatic rings. The lowest BCUT2D eigenvalue weighted by atomic mass is 9.77. The molecule has 0 spiro atoms. The molecule has 0 heterocycles. The van der Waals surface area contributed by atoms with Crippen LogP contribution in [0.2, 0.25) is 0 Å². The summed E-state index contributed by atoms with van der Waals surface area (Å²) in [6, 6.07) is 0. The van der Waals surface area contributed by atoms with Crippen LogP contribution in [0.4, 0.5) is 0 Å². The van der Waals surface area contributed by atoms with E-state index in [9.17, 15) is 0 Å². The predicted molar refractivity (Wildman–Crippen MR) is 39.6 cm³/mol. The third-order valence-electron chi connectivity index (χ3n) is 2.99. The van der Waals surface area contributed by atoms with Crippen molar-refractivity contribution in [3.63, 3.8) is 0 Å². The minimum atomic E-state index is -0.0955. The van der Waals surface area contributed by atoms with Crippen LogP contribution in [-0.2, 0) is 0 Å². The lowest BCUT2D eigenvalue weighted by molar-refractivity contribution is 0.0392. The molecule has 0 radical (unpaired) electrons. The van der Waals surface area contributed by atoms with Crippen LogP contribution in [0.15, 0.2) is 0 Å². The minimum absolute atomic E-state index is 0.0434. The zero-order chi connectivity index (χ0) is 7.83. The maximum absolute atomic E-state index is 9.01. The van der Waals surface area contributed by atoms with Crippen LogP contribution in [-0.4, -0.2) is 23.4 Å². The molecule has 2 heteroatoms. The second-order valence-electron chi connectivity index (χ2n) is 3.98. The Morgan fingerprint density at radius 2 is 1.80 bits per heavy atom. The van der Waals surface area contributed by atoms with E-state index in [1.165, 1.54) is 0 Å². The Hall–Kier alpha value is -0.0800. The van der Waals surface area contributed by atoms with Gasteiger partial charge in [-0.1, -0.05) is 13.8 Å². The van der Waals surface area contributed by atoms with Crippen LogP contribution in [0.5, 0.6) is 0 Å². The third kappa shape index (κ3) is 0.956. The molecular formula is C8H16O2. The molecule has 0 aromatic carbocycles. The van der Waals surface area contributed by atoms with Gasteiger partial charge in [-0.2, -0.15) is 0 Å². The monoisotopic (exact) mass is 144 g/mol. The van der Waals surface area contributed by atoms with Gasteiger partial charge in [0.2, 0.25) is 0 Å². The van der Waals surface area contributed by atoms with Gasteiger partial charge in [-0.25, -0.2) is 0 Å². The predicted octanol–water partition coefficient (Wildman–Crippen LogP) is 0.777. The van der Waals surface area contributed by atoms with Crippen molar-refractivity contribution >= 4 is 0 Å². The Labute approximate surface area is 61.9 Å². The van der Waals surface area contributed by atoms with Gasteiger partial charge in [0, 0.05) is 18.6 Å². The summed E-state index contributed by atoms with van der Waals surface area (Å²) in [5.41, 5.74) is -0.0521. The lowest BCUT2D eigenvalue weighted by Crippen LogP contribution is -2.32. The molecule has 10 heavy (non-hydrogen) atoms. The van der Waals surface area contributed by atoms with Crippen molar-refractivity contribution in [2.75, 3.05) is 13.2 Å². The Morgan fingerprint density at radius 1 is 1.30 bits per heavy atom. The molecule has 2 nitrogen and oxygen atoms in total. The molecule has 0 aromatic heterocycles. The Morgan fingerprint density at radius 3 is 1.90 bits per heavy atom. The van der Waals surface area contributed by atoms with Crippen molar-refractivity contribution in [1.29, 1.82) is 0 Å². The first kappa shape index (κ1) is 8.02. The van der Waals surface area contributed by atoms with E-state index in [1.807, 2.05) is 13.8 Å². The summed E-state index contributed by atoms with van der Waals surface area (Å²) >= 11 is 0. The largest absolute Gasteiger partial charge is 0.396 e. The van der Waals surface area contributed by atoms with Crippen molar-refractivity contribution < 1.29 is 10.2 Å². The molecule has 0 saturated heterocycles. The SMILES string of the molecule is CC(C)(CO)C1(CO)CC1. The highest BCUT2D eigenvalue weighted by Crippen LogP contribution is 2.57. The standard InChI is InChI=1S/C8H16O2/c1-7(2,5-9)8(6-10)3-4-8/h9-10H,3-6H2,1-2H3. The van der Waals surface area contributed by atoms with Gasteiger partial charge < -0.3 is 10.2 Å². The van der Waals surface area contributed by atoms with E-state index in [0.717, 1.165) is 12.8 Å². The molecule has 1 rings (SSSR count). The average molecular weight is 144 g/mol. The summed E-state index contributed by atoms with van der Waals surface area (Å²) in [5, 5.41) is 18.0. The van der Waals surface area contributed by atoms with E-state index in [-0.39, 0.29) is 24.0 Å². The summed E-state index contributed by atoms with van der Waals surface area (Å²) < 4.78 is 0. The highest BCUT2D eigenvalue weighted by atomic mass is 16.3. The second-order valence-corrected chi connectivity index (χ2v) is 3.98. The van der Waals surface area contributed by atoms with Crippen LogP contribution in [0.3, 0.4) is 0 Å². The van der Waals surface area contributed by atoms with E-state index in [2.05, 4.69) is 0 Å². The van der Waals surface area contributed by atoms with Crippen LogP contribution in [0.25, 0.3) is 0 Å². The highest BCUT2D eigenvalue weighted by Gasteiger charge is 2.53. The first-order valence-corrected chi connectivity index (χ1v) is 3.80. The molecule has 0 amide bonds. The van der Waals surface area contributed by atoms with Gasteiger partial charge in [0.25, 0.3) is 0 Å². The van der Waals surface area contributed by atoms with E-state index in [1.54, 1.807) is 0 Å². The van der Waals surface area contributed by atoms with Gasteiger partial charge in [-0.3, -0.25) is 0 Å². The number of aliphatic hydroxyl groups excluding tert-OH is 2. The molecule has 1 saturated carbocycles. The third-order valence-corrected chi connectivity index (χ3v) is 2.99. The Kier molecular flexibility index (Phi) is 1.77. The number of rotatable bonds is 3. The van der Waals surface area contributed by atoms with Crippen molar-refractivity contribution in [3.8, 4) is 0 Å². The van der Waals surface area contributed by atoms with Crippen molar-refractivity contribution in [1.82, 2.24) is 0 Å². The quantitative estimate of drug-likeness (QED) is 0.614. The summed E-state index contributed by atoms with van der Waals surface area (Å²) in [6.07, 6.45) is 2.13. The highest BCUT2D eigenvalue weighted by molar-refractivity contribution is 5.02. The second kappa shape index (κ2) is 2.21. The number of hydrogen-bond donors (Lipinski definition) is 2. The van der Waals surface area contributed by atoms with E-state index < -0.39 is 0 Å². The molecule has 1 aliphatic carbocycles. The topological polar surface area (TPSA) is 40.5 Å². The van der Waals surface area contributed by atoms with E-state index in [0.29, 0.717) is 0 Å². The molecular weight excluding hydrogens is 128 g/mol.